The van der Waals surface area contributed by atoms with Crippen LogP contribution in [0.3, 0.4) is 0 Å². The second kappa shape index (κ2) is 3.17. The first kappa shape index (κ1) is 6.20. The van der Waals surface area contributed by atoms with Crippen molar-refractivity contribution in [3.8, 4) is 0 Å². The summed E-state index contributed by atoms with van der Waals surface area (Å²) in [5.41, 5.74) is 0. The lowest BCUT2D eigenvalue weighted by molar-refractivity contribution is 0.155. The molecule has 50 valence electrons. The molecule has 0 saturated heterocycles. The van der Waals surface area contributed by atoms with Crippen LogP contribution in [0, 0.1) is 0 Å². The molecule has 0 radical (unpaired) electrons. The molecule has 2 nitrogen and oxygen atoms in total. The highest BCUT2D eigenvalue weighted by atomic mass is 16.5. The fourth-order valence-electron chi connectivity index (χ4n) is 0.656. The van der Waals surface area contributed by atoms with Crippen molar-refractivity contribution in [3.63, 3.8) is 0 Å². The number of rotatable bonds is 2. The highest BCUT2D eigenvalue weighted by Gasteiger charge is 1.97. The maximum absolute atomic E-state index is 5.17. The lowest BCUT2D eigenvalue weighted by Gasteiger charge is -2.09. The monoisotopic (exact) mass is 126 g/mol. The third kappa shape index (κ3) is 1.80. The first-order chi connectivity index (χ1) is 4.43. The molecule has 0 unspecified atom stereocenters. The summed E-state index contributed by atoms with van der Waals surface area (Å²) < 4.78 is 10.1. The third-order valence-corrected chi connectivity index (χ3v) is 1.01. The van der Waals surface area contributed by atoms with Gasteiger partial charge in [-0.1, -0.05) is 0 Å². The highest BCUT2D eigenvalue weighted by molar-refractivity contribution is 5.09. The zero-order valence-electron chi connectivity index (χ0n) is 5.46. The van der Waals surface area contributed by atoms with E-state index in [1.54, 1.807) is 6.26 Å². The summed E-state index contributed by atoms with van der Waals surface area (Å²) in [7, 11) is 0. The summed E-state index contributed by atoms with van der Waals surface area (Å²) in [6, 6.07) is 0. The Labute approximate surface area is 54.8 Å². The van der Waals surface area contributed by atoms with Crippen molar-refractivity contribution in [2.45, 2.75) is 6.92 Å². The van der Waals surface area contributed by atoms with Gasteiger partial charge >= 0.3 is 0 Å². The topological polar surface area (TPSA) is 18.5 Å². The van der Waals surface area contributed by atoms with Gasteiger partial charge in [0.25, 0.3) is 0 Å². The van der Waals surface area contributed by atoms with Gasteiger partial charge in [-0.3, -0.25) is 0 Å². The molecular formula is C7H10O2. The SMILES string of the molecule is CCOC1=CC=COC1. The number of ether oxygens (including phenoxy) is 2. The Balaban J connectivity index is 2.38. The van der Waals surface area contributed by atoms with Crippen LogP contribution in [0.4, 0.5) is 0 Å². The van der Waals surface area contributed by atoms with Crippen LogP contribution in [0.1, 0.15) is 6.92 Å². The van der Waals surface area contributed by atoms with E-state index in [9.17, 15) is 0 Å². The summed E-state index contributed by atoms with van der Waals surface area (Å²) in [5.74, 6) is 0.903. The number of allylic oxidation sites excluding steroid dienone is 2. The first-order valence-corrected chi connectivity index (χ1v) is 3.03. The molecular weight excluding hydrogens is 116 g/mol. The van der Waals surface area contributed by atoms with Gasteiger partial charge in [0.1, 0.15) is 12.4 Å². The molecule has 2 heteroatoms. The van der Waals surface area contributed by atoms with Crippen LogP contribution in [-0.2, 0) is 9.47 Å². The van der Waals surface area contributed by atoms with E-state index in [1.807, 2.05) is 19.1 Å². The zero-order valence-corrected chi connectivity index (χ0v) is 5.46. The maximum Gasteiger partial charge on any atom is 0.144 e. The molecule has 9 heavy (non-hydrogen) atoms. The Morgan fingerprint density at radius 2 is 2.67 bits per heavy atom. The standard InChI is InChI=1S/C7H10O2/c1-2-9-7-4-3-5-8-6-7/h3-5H,2,6H2,1H3. The molecule has 1 rings (SSSR count). The van der Waals surface area contributed by atoms with Gasteiger partial charge in [-0.15, -0.1) is 0 Å². The van der Waals surface area contributed by atoms with Gasteiger partial charge in [0.2, 0.25) is 0 Å². The summed E-state index contributed by atoms with van der Waals surface area (Å²) in [5, 5.41) is 0. The zero-order chi connectivity index (χ0) is 6.53. The quantitative estimate of drug-likeness (QED) is 0.557. The van der Waals surface area contributed by atoms with Crippen molar-refractivity contribution in [2.75, 3.05) is 13.2 Å². The summed E-state index contributed by atoms with van der Waals surface area (Å²) in [6.45, 7) is 3.24. The van der Waals surface area contributed by atoms with Gasteiger partial charge in [-0.05, 0) is 19.1 Å². The van der Waals surface area contributed by atoms with E-state index in [1.165, 1.54) is 0 Å². The van der Waals surface area contributed by atoms with Gasteiger partial charge in [0, 0.05) is 0 Å². The molecule has 0 fully saturated rings. The first-order valence-electron chi connectivity index (χ1n) is 3.03. The molecule has 0 spiro atoms. The molecule has 0 N–H and O–H groups in total. The molecule has 1 aliphatic heterocycles. The van der Waals surface area contributed by atoms with Crippen LogP contribution >= 0.6 is 0 Å². The van der Waals surface area contributed by atoms with Gasteiger partial charge in [0.05, 0.1) is 12.9 Å². The Hall–Kier alpha value is -0.920. The largest absolute Gasteiger partial charge is 0.495 e. The predicted molar refractivity (Wildman–Crippen MR) is 34.8 cm³/mol. The van der Waals surface area contributed by atoms with Crippen LogP contribution in [0.25, 0.3) is 0 Å². The summed E-state index contributed by atoms with van der Waals surface area (Å²) in [4.78, 5) is 0. The maximum atomic E-state index is 5.17. The second-order valence-electron chi connectivity index (χ2n) is 1.71. The van der Waals surface area contributed by atoms with Crippen molar-refractivity contribution < 1.29 is 9.47 Å². The van der Waals surface area contributed by atoms with Crippen LogP contribution in [0.5, 0.6) is 0 Å². The Morgan fingerprint density at radius 3 is 3.22 bits per heavy atom. The molecule has 1 heterocycles. The minimum atomic E-state index is 0.574. The summed E-state index contributed by atoms with van der Waals surface area (Å²) in [6.07, 6.45) is 5.39. The normalized spacial score (nSPS) is 16.3. The number of hydrogen-bond donors (Lipinski definition) is 0. The molecule has 0 aromatic rings. The van der Waals surface area contributed by atoms with E-state index in [-0.39, 0.29) is 0 Å². The molecule has 0 amide bonds. The van der Waals surface area contributed by atoms with Gasteiger partial charge in [0.15, 0.2) is 0 Å². The van der Waals surface area contributed by atoms with E-state index < -0.39 is 0 Å². The van der Waals surface area contributed by atoms with Crippen molar-refractivity contribution in [1.29, 1.82) is 0 Å². The minimum absolute atomic E-state index is 0.574. The van der Waals surface area contributed by atoms with Crippen LogP contribution in [0.15, 0.2) is 24.2 Å². The lowest BCUT2D eigenvalue weighted by Crippen LogP contribution is -2.01. The molecule has 1 aliphatic rings. The third-order valence-electron chi connectivity index (χ3n) is 1.01. The van der Waals surface area contributed by atoms with Crippen molar-refractivity contribution in [1.82, 2.24) is 0 Å². The van der Waals surface area contributed by atoms with Crippen LogP contribution < -0.4 is 0 Å². The average molecular weight is 126 g/mol. The van der Waals surface area contributed by atoms with E-state index >= 15 is 0 Å². The van der Waals surface area contributed by atoms with E-state index in [2.05, 4.69) is 0 Å². The van der Waals surface area contributed by atoms with Gasteiger partial charge < -0.3 is 9.47 Å². The smallest absolute Gasteiger partial charge is 0.144 e. The molecule has 0 bridgehead atoms. The van der Waals surface area contributed by atoms with Crippen LogP contribution in [-0.4, -0.2) is 13.2 Å². The van der Waals surface area contributed by atoms with E-state index in [0.717, 1.165) is 5.76 Å². The number of hydrogen-bond acceptors (Lipinski definition) is 2. The predicted octanol–water partition coefficient (Wildman–Crippen LogP) is 1.45. The van der Waals surface area contributed by atoms with E-state index in [0.29, 0.717) is 13.2 Å². The molecule has 0 aliphatic carbocycles. The molecule has 0 atom stereocenters. The minimum Gasteiger partial charge on any atom is -0.495 e. The van der Waals surface area contributed by atoms with Crippen LogP contribution in [0.2, 0.25) is 0 Å². The van der Waals surface area contributed by atoms with Gasteiger partial charge in [-0.2, -0.15) is 0 Å². The van der Waals surface area contributed by atoms with Crippen molar-refractivity contribution in [2.24, 2.45) is 0 Å². The molecule has 0 aromatic carbocycles. The Morgan fingerprint density at radius 1 is 1.78 bits per heavy atom. The fourth-order valence-corrected chi connectivity index (χ4v) is 0.656. The van der Waals surface area contributed by atoms with Crippen molar-refractivity contribution in [3.05, 3.63) is 24.2 Å². The lowest BCUT2D eigenvalue weighted by atomic mass is 10.4. The summed E-state index contributed by atoms with van der Waals surface area (Å²) >= 11 is 0. The van der Waals surface area contributed by atoms with E-state index in [4.69, 9.17) is 9.47 Å². The highest BCUT2D eigenvalue weighted by Crippen LogP contribution is 2.03. The van der Waals surface area contributed by atoms with Crippen molar-refractivity contribution >= 4 is 0 Å². The Kier molecular flexibility index (Phi) is 2.19. The second-order valence-corrected chi connectivity index (χ2v) is 1.71. The molecule has 0 saturated carbocycles. The Bertz CT molecular complexity index is 136. The van der Waals surface area contributed by atoms with Gasteiger partial charge in [-0.25, -0.2) is 0 Å². The molecule has 0 aromatic heterocycles. The average Bonchev–Trinajstić information content (AvgIpc) is 1.91. The fraction of sp³-hybridized carbons (Fsp3) is 0.429.